The summed E-state index contributed by atoms with van der Waals surface area (Å²) in [6, 6.07) is 4.11. The van der Waals surface area contributed by atoms with Gasteiger partial charge < -0.3 is 20.7 Å². The highest BCUT2D eigenvalue weighted by Gasteiger charge is 2.32. The molecule has 0 spiro atoms. The number of methoxy groups -OCH3 is 1. The number of hydrogen-bond donors (Lipinski definition) is 2. The molecule has 1 unspecified atom stereocenters. The van der Waals surface area contributed by atoms with Crippen LogP contribution in [0.3, 0.4) is 0 Å². The normalized spacial score (nSPS) is 18.7. The molecule has 0 aromatic heterocycles. The van der Waals surface area contributed by atoms with E-state index in [0.29, 0.717) is 36.0 Å². The molecule has 2 rings (SSSR count). The van der Waals surface area contributed by atoms with Gasteiger partial charge >= 0.3 is 0 Å². The van der Waals surface area contributed by atoms with E-state index < -0.39 is 11.9 Å². The van der Waals surface area contributed by atoms with E-state index in [0.717, 1.165) is 0 Å². The van der Waals surface area contributed by atoms with Gasteiger partial charge in [0, 0.05) is 24.7 Å². The van der Waals surface area contributed by atoms with E-state index in [1.54, 1.807) is 18.2 Å². The van der Waals surface area contributed by atoms with Crippen LogP contribution in [0.15, 0.2) is 18.2 Å². The van der Waals surface area contributed by atoms with Gasteiger partial charge in [0.1, 0.15) is 11.8 Å². The SMILES string of the molecule is COc1cc(Cl)ccc1C(=O)N1CCNCC1C(N)=O. The minimum Gasteiger partial charge on any atom is -0.496 e. The van der Waals surface area contributed by atoms with Crippen LogP contribution in [0.25, 0.3) is 0 Å². The summed E-state index contributed by atoms with van der Waals surface area (Å²) in [5.74, 6) is -0.438. The van der Waals surface area contributed by atoms with Gasteiger partial charge in [0.2, 0.25) is 5.91 Å². The Morgan fingerprint density at radius 3 is 2.90 bits per heavy atom. The number of benzene rings is 1. The molecular formula is C13H16ClN3O3. The zero-order chi connectivity index (χ0) is 14.7. The predicted molar refractivity (Wildman–Crippen MR) is 74.9 cm³/mol. The molecule has 0 saturated carbocycles. The Morgan fingerprint density at radius 2 is 2.25 bits per heavy atom. The number of nitrogens with zero attached hydrogens (tertiary/aromatic N) is 1. The van der Waals surface area contributed by atoms with Crippen molar-refractivity contribution in [2.24, 2.45) is 5.73 Å². The molecule has 7 heteroatoms. The molecule has 1 aromatic carbocycles. The second kappa shape index (κ2) is 6.11. The van der Waals surface area contributed by atoms with Gasteiger partial charge in [0.25, 0.3) is 5.91 Å². The van der Waals surface area contributed by atoms with E-state index in [4.69, 9.17) is 22.1 Å². The van der Waals surface area contributed by atoms with Crippen LogP contribution in [0.1, 0.15) is 10.4 Å². The van der Waals surface area contributed by atoms with E-state index in [9.17, 15) is 9.59 Å². The van der Waals surface area contributed by atoms with Crippen LogP contribution < -0.4 is 15.8 Å². The molecule has 108 valence electrons. The lowest BCUT2D eigenvalue weighted by atomic mass is 10.1. The van der Waals surface area contributed by atoms with Crippen molar-refractivity contribution in [3.8, 4) is 5.75 Å². The van der Waals surface area contributed by atoms with Crippen molar-refractivity contribution >= 4 is 23.4 Å². The molecule has 2 amide bonds. The average molecular weight is 298 g/mol. The number of carbonyl (C=O) groups is 2. The third kappa shape index (κ3) is 2.86. The second-order valence-electron chi connectivity index (χ2n) is 4.47. The van der Waals surface area contributed by atoms with Gasteiger partial charge in [-0.05, 0) is 18.2 Å². The molecule has 6 nitrogen and oxygen atoms in total. The van der Waals surface area contributed by atoms with Crippen molar-refractivity contribution in [1.82, 2.24) is 10.2 Å². The molecule has 1 aromatic rings. The first-order valence-corrected chi connectivity index (χ1v) is 6.57. The molecule has 0 radical (unpaired) electrons. The van der Waals surface area contributed by atoms with Crippen molar-refractivity contribution in [2.45, 2.75) is 6.04 Å². The summed E-state index contributed by atoms with van der Waals surface area (Å²) in [7, 11) is 1.46. The Bertz CT molecular complexity index is 536. The van der Waals surface area contributed by atoms with Gasteiger partial charge in [-0.15, -0.1) is 0 Å². The Hall–Kier alpha value is -1.79. The molecule has 1 atom stereocenters. The second-order valence-corrected chi connectivity index (χ2v) is 4.90. The molecule has 0 bridgehead atoms. The van der Waals surface area contributed by atoms with Crippen molar-refractivity contribution in [2.75, 3.05) is 26.7 Å². The maximum atomic E-state index is 12.6. The first kappa shape index (κ1) is 14.6. The Balaban J connectivity index is 2.32. The summed E-state index contributed by atoms with van der Waals surface area (Å²) < 4.78 is 5.17. The average Bonchev–Trinajstić information content (AvgIpc) is 2.46. The van der Waals surface area contributed by atoms with Crippen LogP contribution in [0, 0.1) is 0 Å². The topological polar surface area (TPSA) is 84.7 Å². The quantitative estimate of drug-likeness (QED) is 0.837. The predicted octanol–water partition coefficient (Wildman–Crippen LogP) is 0.248. The van der Waals surface area contributed by atoms with Gasteiger partial charge in [0.15, 0.2) is 0 Å². The van der Waals surface area contributed by atoms with Gasteiger partial charge in [-0.2, -0.15) is 0 Å². The number of piperazine rings is 1. The lowest BCUT2D eigenvalue weighted by Gasteiger charge is -2.34. The van der Waals surface area contributed by atoms with Crippen LogP contribution in [0.4, 0.5) is 0 Å². The van der Waals surface area contributed by atoms with E-state index in [1.165, 1.54) is 12.0 Å². The third-order valence-corrected chi connectivity index (χ3v) is 3.46. The minimum atomic E-state index is -0.656. The maximum Gasteiger partial charge on any atom is 0.258 e. The van der Waals surface area contributed by atoms with Crippen LogP contribution in [0.5, 0.6) is 5.75 Å². The van der Waals surface area contributed by atoms with E-state index >= 15 is 0 Å². The number of amides is 2. The molecule has 1 aliphatic heterocycles. The van der Waals surface area contributed by atoms with Gasteiger partial charge in [-0.1, -0.05) is 11.6 Å². The van der Waals surface area contributed by atoms with Crippen molar-refractivity contribution < 1.29 is 14.3 Å². The first-order valence-electron chi connectivity index (χ1n) is 6.19. The Kier molecular flexibility index (Phi) is 4.46. The fourth-order valence-electron chi connectivity index (χ4n) is 2.20. The van der Waals surface area contributed by atoms with Gasteiger partial charge in [-0.3, -0.25) is 9.59 Å². The molecule has 20 heavy (non-hydrogen) atoms. The zero-order valence-corrected chi connectivity index (χ0v) is 11.8. The van der Waals surface area contributed by atoms with Crippen LogP contribution in [0.2, 0.25) is 5.02 Å². The highest BCUT2D eigenvalue weighted by atomic mass is 35.5. The molecule has 1 heterocycles. The van der Waals surface area contributed by atoms with Gasteiger partial charge in [-0.25, -0.2) is 0 Å². The lowest BCUT2D eigenvalue weighted by Crippen LogP contribution is -2.58. The number of carbonyl (C=O) groups excluding carboxylic acids is 2. The standard InChI is InChI=1S/C13H16ClN3O3/c1-20-11-6-8(14)2-3-9(11)13(19)17-5-4-16-7-10(17)12(15)18/h2-3,6,10,16H,4-5,7H2,1H3,(H2,15,18). The van der Waals surface area contributed by atoms with Crippen molar-refractivity contribution in [1.29, 1.82) is 0 Å². The smallest absolute Gasteiger partial charge is 0.258 e. The van der Waals surface area contributed by atoms with Crippen molar-refractivity contribution in [3.05, 3.63) is 28.8 Å². The lowest BCUT2D eigenvalue weighted by molar-refractivity contribution is -0.122. The monoisotopic (exact) mass is 297 g/mol. The highest BCUT2D eigenvalue weighted by Crippen LogP contribution is 2.25. The number of ether oxygens (including phenoxy) is 1. The number of halogens is 1. The molecule has 3 N–H and O–H groups in total. The summed E-state index contributed by atoms with van der Waals surface area (Å²) in [5, 5.41) is 3.52. The molecule has 1 saturated heterocycles. The third-order valence-electron chi connectivity index (χ3n) is 3.23. The van der Waals surface area contributed by atoms with E-state index in [1.807, 2.05) is 0 Å². The van der Waals surface area contributed by atoms with Gasteiger partial charge in [0.05, 0.1) is 12.7 Å². The summed E-state index contributed by atoms with van der Waals surface area (Å²) in [6.07, 6.45) is 0. The largest absolute Gasteiger partial charge is 0.496 e. The molecule has 1 aliphatic rings. The Labute approximate surface area is 121 Å². The Morgan fingerprint density at radius 1 is 1.50 bits per heavy atom. The van der Waals surface area contributed by atoms with Crippen LogP contribution in [-0.2, 0) is 4.79 Å². The number of nitrogens with one attached hydrogen (secondary N) is 1. The number of hydrogen-bond acceptors (Lipinski definition) is 4. The first-order chi connectivity index (χ1) is 9.54. The zero-order valence-electron chi connectivity index (χ0n) is 11.1. The highest BCUT2D eigenvalue weighted by molar-refractivity contribution is 6.30. The van der Waals surface area contributed by atoms with E-state index in [-0.39, 0.29) is 5.91 Å². The van der Waals surface area contributed by atoms with E-state index in [2.05, 4.69) is 5.32 Å². The molecule has 0 aliphatic carbocycles. The van der Waals surface area contributed by atoms with Crippen LogP contribution >= 0.6 is 11.6 Å². The minimum absolute atomic E-state index is 0.288. The fourth-order valence-corrected chi connectivity index (χ4v) is 2.36. The molecular weight excluding hydrogens is 282 g/mol. The molecule has 1 fully saturated rings. The maximum absolute atomic E-state index is 12.6. The number of nitrogens with two attached hydrogens (primary N) is 1. The fraction of sp³-hybridized carbons (Fsp3) is 0.385. The summed E-state index contributed by atoms with van der Waals surface area (Å²) in [5.41, 5.74) is 5.71. The summed E-state index contributed by atoms with van der Waals surface area (Å²) in [4.78, 5) is 25.5. The van der Waals surface area contributed by atoms with Crippen molar-refractivity contribution in [3.63, 3.8) is 0 Å². The van der Waals surface area contributed by atoms with Crippen LogP contribution in [-0.4, -0.2) is 49.5 Å². The summed E-state index contributed by atoms with van der Waals surface area (Å²) in [6.45, 7) is 1.39. The number of rotatable bonds is 3. The number of primary amides is 1. The summed E-state index contributed by atoms with van der Waals surface area (Å²) >= 11 is 5.88.